The Morgan fingerprint density at radius 1 is 0.870 bits per heavy atom. The first-order valence-corrected chi connectivity index (χ1v) is 16.9. The van der Waals surface area contributed by atoms with Gasteiger partial charge in [0.1, 0.15) is 18.3 Å². The Morgan fingerprint density at radius 2 is 1.52 bits per heavy atom. The van der Waals surface area contributed by atoms with E-state index in [4.69, 9.17) is 16.3 Å². The molecule has 2 amide bonds. The first-order chi connectivity index (χ1) is 22.0. The Hall–Kier alpha value is -4.34. The largest absolute Gasteiger partial charge is 0.497 e. The number of ether oxygens (including phenoxy) is 1. The molecule has 242 valence electrons. The number of anilines is 1. The van der Waals surface area contributed by atoms with Gasteiger partial charge in [0.05, 0.1) is 17.7 Å². The molecule has 0 spiro atoms. The Balaban J connectivity index is 1.79. The van der Waals surface area contributed by atoms with Gasteiger partial charge in [-0.15, -0.1) is 0 Å². The van der Waals surface area contributed by atoms with Crippen molar-refractivity contribution in [2.45, 2.75) is 44.7 Å². The van der Waals surface area contributed by atoms with Crippen molar-refractivity contribution in [1.29, 1.82) is 0 Å². The minimum absolute atomic E-state index is 0.00132. The van der Waals surface area contributed by atoms with E-state index in [-0.39, 0.29) is 29.7 Å². The predicted molar refractivity (Wildman–Crippen MR) is 182 cm³/mol. The number of hydrogen-bond acceptors (Lipinski definition) is 5. The van der Waals surface area contributed by atoms with Crippen molar-refractivity contribution in [2.24, 2.45) is 5.92 Å². The minimum atomic E-state index is -4.22. The standard InChI is InChI=1S/C36H40ClN3O5S/c1-26(2)23-38-36(42)34(22-28-9-6-5-7-10-28)39(24-29-11-8-12-30(37)21-29)35(41)25-40(31-15-13-27(3)14-16-31)46(43,44)33-19-17-32(45-4)18-20-33/h5-21,26,34H,22-25H2,1-4H3,(H,38,42)/t34-/m0/s1. The Morgan fingerprint density at radius 3 is 2.13 bits per heavy atom. The molecule has 0 heterocycles. The quantitative estimate of drug-likeness (QED) is 0.172. The van der Waals surface area contributed by atoms with E-state index in [1.54, 1.807) is 54.6 Å². The highest BCUT2D eigenvalue weighted by atomic mass is 35.5. The first-order valence-electron chi connectivity index (χ1n) is 15.1. The maximum absolute atomic E-state index is 14.5. The molecule has 46 heavy (non-hydrogen) atoms. The van der Waals surface area contributed by atoms with Crippen molar-refractivity contribution in [2.75, 3.05) is 24.5 Å². The van der Waals surface area contributed by atoms with E-state index in [9.17, 15) is 18.0 Å². The topological polar surface area (TPSA) is 96.0 Å². The van der Waals surface area contributed by atoms with Crippen molar-refractivity contribution in [3.63, 3.8) is 0 Å². The summed E-state index contributed by atoms with van der Waals surface area (Å²) in [5.41, 5.74) is 2.82. The summed E-state index contributed by atoms with van der Waals surface area (Å²) in [6.07, 6.45) is 0.229. The van der Waals surface area contributed by atoms with Crippen LogP contribution in [0.1, 0.15) is 30.5 Å². The molecule has 4 rings (SSSR count). The van der Waals surface area contributed by atoms with Crippen LogP contribution in [0, 0.1) is 12.8 Å². The zero-order chi connectivity index (χ0) is 33.3. The number of benzene rings is 4. The molecule has 10 heteroatoms. The van der Waals surface area contributed by atoms with E-state index in [0.717, 1.165) is 15.4 Å². The molecule has 1 N–H and O–H groups in total. The monoisotopic (exact) mass is 661 g/mol. The fraction of sp³-hybridized carbons (Fsp3) is 0.278. The second-order valence-corrected chi connectivity index (χ2v) is 13.8. The molecule has 0 fully saturated rings. The van der Waals surface area contributed by atoms with Gasteiger partial charge in [0, 0.05) is 24.5 Å². The second kappa shape index (κ2) is 15.8. The van der Waals surface area contributed by atoms with Crippen LogP contribution in [0.5, 0.6) is 5.75 Å². The van der Waals surface area contributed by atoms with Crippen molar-refractivity contribution >= 4 is 39.1 Å². The summed E-state index contributed by atoms with van der Waals surface area (Å²) in [5.74, 6) is -0.183. The summed E-state index contributed by atoms with van der Waals surface area (Å²) in [4.78, 5) is 29.8. The third-order valence-corrected chi connectivity index (χ3v) is 9.47. The van der Waals surface area contributed by atoms with Gasteiger partial charge in [0.25, 0.3) is 10.0 Å². The fourth-order valence-electron chi connectivity index (χ4n) is 4.92. The summed E-state index contributed by atoms with van der Waals surface area (Å²) >= 11 is 6.31. The second-order valence-electron chi connectivity index (χ2n) is 11.5. The maximum atomic E-state index is 14.5. The van der Waals surface area contributed by atoms with Crippen LogP contribution >= 0.6 is 11.6 Å². The minimum Gasteiger partial charge on any atom is -0.497 e. The molecule has 4 aromatic carbocycles. The number of methoxy groups -OCH3 is 1. The molecule has 8 nitrogen and oxygen atoms in total. The van der Waals surface area contributed by atoms with Gasteiger partial charge in [-0.1, -0.05) is 85.6 Å². The number of carbonyl (C=O) groups excluding carboxylic acids is 2. The van der Waals surface area contributed by atoms with E-state index in [2.05, 4.69) is 5.32 Å². The zero-order valence-corrected chi connectivity index (χ0v) is 28.1. The number of nitrogens with zero attached hydrogens (tertiary/aromatic N) is 2. The van der Waals surface area contributed by atoms with Gasteiger partial charge >= 0.3 is 0 Å². The molecule has 1 atom stereocenters. The van der Waals surface area contributed by atoms with Gasteiger partial charge in [-0.2, -0.15) is 0 Å². The van der Waals surface area contributed by atoms with E-state index < -0.39 is 28.5 Å². The average Bonchev–Trinajstić information content (AvgIpc) is 3.05. The van der Waals surface area contributed by atoms with Gasteiger partial charge in [0.15, 0.2) is 0 Å². The SMILES string of the molecule is COc1ccc(S(=O)(=O)N(CC(=O)N(Cc2cccc(Cl)c2)[C@@H](Cc2ccccc2)C(=O)NCC(C)C)c2ccc(C)cc2)cc1. The lowest BCUT2D eigenvalue weighted by Gasteiger charge is -2.34. The fourth-order valence-corrected chi connectivity index (χ4v) is 6.55. The number of halogens is 1. The van der Waals surface area contributed by atoms with Crippen molar-refractivity contribution in [3.05, 3.63) is 125 Å². The van der Waals surface area contributed by atoms with Gasteiger partial charge in [0.2, 0.25) is 11.8 Å². The highest BCUT2D eigenvalue weighted by molar-refractivity contribution is 7.92. The molecular formula is C36H40ClN3O5S. The Kier molecular flexibility index (Phi) is 11.8. The number of rotatable bonds is 14. The summed E-state index contributed by atoms with van der Waals surface area (Å²) in [5, 5.41) is 3.47. The lowest BCUT2D eigenvalue weighted by atomic mass is 10.0. The Labute approximate surface area is 277 Å². The molecule has 0 unspecified atom stereocenters. The highest BCUT2D eigenvalue weighted by Crippen LogP contribution is 2.27. The summed E-state index contributed by atoms with van der Waals surface area (Å²) in [6, 6.07) is 28.5. The zero-order valence-electron chi connectivity index (χ0n) is 26.5. The summed E-state index contributed by atoms with van der Waals surface area (Å²) < 4.78 is 34.6. The van der Waals surface area contributed by atoms with Gasteiger partial charge < -0.3 is 15.0 Å². The van der Waals surface area contributed by atoms with Crippen LogP contribution in [0.15, 0.2) is 108 Å². The lowest BCUT2D eigenvalue weighted by Crippen LogP contribution is -2.53. The summed E-state index contributed by atoms with van der Waals surface area (Å²) in [6.45, 7) is 5.80. The smallest absolute Gasteiger partial charge is 0.264 e. The van der Waals surface area contributed by atoms with E-state index in [1.165, 1.54) is 24.1 Å². The lowest BCUT2D eigenvalue weighted by molar-refractivity contribution is -0.140. The number of aryl methyl sites for hydroxylation is 1. The molecule has 0 aliphatic carbocycles. The maximum Gasteiger partial charge on any atom is 0.264 e. The molecule has 0 bridgehead atoms. The van der Waals surface area contributed by atoms with Crippen LogP contribution < -0.4 is 14.4 Å². The van der Waals surface area contributed by atoms with E-state index in [1.807, 2.05) is 57.2 Å². The number of carbonyl (C=O) groups is 2. The van der Waals surface area contributed by atoms with Crippen LogP contribution in [-0.4, -0.2) is 51.4 Å². The van der Waals surface area contributed by atoms with Gasteiger partial charge in [-0.05, 0) is 72.5 Å². The molecular weight excluding hydrogens is 622 g/mol. The molecule has 0 saturated heterocycles. The van der Waals surface area contributed by atoms with Crippen LogP contribution in [0.3, 0.4) is 0 Å². The van der Waals surface area contributed by atoms with E-state index >= 15 is 0 Å². The molecule has 0 aromatic heterocycles. The number of nitrogens with one attached hydrogen (secondary N) is 1. The molecule has 4 aromatic rings. The third kappa shape index (κ3) is 9.11. The average molecular weight is 662 g/mol. The van der Waals surface area contributed by atoms with Gasteiger partial charge in [-0.25, -0.2) is 8.42 Å². The highest BCUT2D eigenvalue weighted by Gasteiger charge is 2.34. The van der Waals surface area contributed by atoms with Crippen LogP contribution in [0.2, 0.25) is 5.02 Å². The predicted octanol–water partition coefficient (Wildman–Crippen LogP) is 6.26. The number of hydrogen-bond donors (Lipinski definition) is 1. The normalized spacial score (nSPS) is 12.0. The molecule has 0 aliphatic rings. The van der Waals surface area contributed by atoms with Crippen LogP contribution in [-0.2, 0) is 32.6 Å². The first kappa shape index (κ1) is 34.5. The van der Waals surface area contributed by atoms with Crippen molar-refractivity contribution in [1.82, 2.24) is 10.2 Å². The molecule has 0 saturated carbocycles. The number of sulfonamides is 1. The van der Waals surface area contributed by atoms with Crippen molar-refractivity contribution in [3.8, 4) is 5.75 Å². The van der Waals surface area contributed by atoms with Crippen LogP contribution in [0.25, 0.3) is 0 Å². The third-order valence-electron chi connectivity index (χ3n) is 7.45. The summed E-state index contributed by atoms with van der Waals surface area (Å²) in [7, 11) is -2.72. The van der Waals surface area contributed by atoms with Crippen molar-refractivity contribution < 1.29 is 22.7 Å². The number of amides is 2. The Bertz CT molecular complexity index is 1710. The molecule has 0 radical (unpaired) electrons. The van der Waals surface area contributed by atoms with E-state index in [0.29, 0.717) is 28.6 Å². The molecule has 0 aliphatic heterocycles. The van der Waals surface area contributed by atoms with Crippen LogP contribution in [0.4, 0.5) is 5.69 Å². The van der Waals surface area contributed by atoms with Gasteiger partial charge in [-0.3, -0.25) is 13.9 Å².